The van der Waals surface area contributed by atoms with Crippen LogP contribution in [-0.4, -0.2) is 48.8 Å². The van der Waals surface area contributed by atoms with E-state index < -0.39 is 0 Å². The van der Waals surface area contributed by atoms with Crippen molar-refractivity contribution in [2.45, 2.75) is 13.0 Å². The monoisotopic (exact) mass is 248 g/mol. The molecule has 0 aliphatic carbocycles. The van der Waals surface area contributed by atoms with E-state index in [0.29, 0.717) is 0 Å². The third kappa shape index (κ3) is 2.89. The van der Waals surface area contributed by atoms with Gasteiger partial charge in [0.15, 0.2) is 0 Å². The Morgan fingerprint density at radius 3 is 2.50 bits per heavy atom. The summed E-state index contributed by atoms with van der Waals surface area (Å²) < 4.78 is 0. The van der Waals surface area contributed by atoms with Gasteiger partial charge in [0.25, 0.3) is 0 Å². The molecule has 1 atom stereocenters. The summed E-state index contributed by atoms with van der Waals surface area (Å²) in [6, 6.07) is 9.24. The van der Waals surface area contributed by atoms with Crippen molar-refractivity contribution in [1.82, 2.24) is 4.90 Å². The van der Waals surface area contributed by atoms with Gasteiger partial charge in [0.1, 0.15) is 0 Å². The summed E-state index contributed by atoms with van der Waals surface area (Å²) in [5, 5.41) is 9.14. The first-order valence-electron chi connectivity index (χ1n) is 6.41. The molecule has 1 aliphatic heterocycles. The van der Waals surface area contributed by atoms with Gasteiger partial charge in [0.2, 0.25) is 5.43 Å². The maximum Gasteiger partial charge on any atom is 0.201 e. The molecule has 4 heteroatoms. The Hall–Kier alpha value is -1.39. The van der Waals surface area contributed by atoms with Crippen LogP contribution in [0.3, 0.4) is 0 Å². The van der Waals surface area contributed by atoms with Crippen LogP contribution in [0.5, 0.6) is 0 Å². The molecule has 0 radical (unpaired) electrons. The van der Waals surface area contributed by atoms with Gasteiger partial charge in [-0.15, -0.1) is 0 Å². The topological polar surface area (TPSA) is 43.8 Å². The standard InChI is InChI=1S/C14H20N2O2/c1-12(11-17)15-7-9-16(10-8-15)13-5-3-2-4-6-14(13)18/h2-6,12,17H,7-11H2,1H3/t12-/m0/s1. The summed E-state index contributed by atoms with van der Waals surface area (Å²) >= 11 is 0. The van der Waals surface area contributed by atoms with Gasteiger partial charge in [0, 0.05) is 32.2 Å². The second-order valence-corrected chi connectivity index (χ2v) is 4.71. The lowest BCUT2D eigenvalue weighted by atomic mass is 10.2. The molecule has 0 unspecified atom stereocenters. The Morgan fingerprint density at radius 2 is 1.83 bits per heavy atom. The van der Waals surface area contributed by atoms with Crippen molar-refractivity contribution in [3.63, 3.8) is 0 Å². The number of piperazine rings is 1. The highest BCUT2D eigenvalue weighted by Gasteiger charge is 2.21. The summed E-state index contributed by atoms with van der Waals surface area (Å²) in [6.45, 7) is 5.66. The summed E-state index contributed by atoms with van der Waals surface area (Å²) in [4.78, 5) is 16.3. The van der Waals surface area contributed by atoms with Crippen LogP contribution in [-0.2, 0) is 0 Å². The number of hydrogen-bond donors (Lipinski definition) is 1. The molecule has 4 nitrogen and oxygen atoms in total. The van der Waals surface area contributed by atoms with Crippen LogP contribution in [0.15, 0.2) is 35.1 Å². The van der Waals surface area contributed by atoms with Crippen molar-refractivity contribution in [1.29, 1.82) is 0 Å². The number of rotatable bonds is 3. The molecule has 1 heterocycles. The fraction of sp³-hybridized carbons (Fsp3) is 0.500. The van der Waals surface area contributed by atoms with E-state index in [2.05, 4.69) is 9.80 Å². The minimum absolute atomic E-state index is 0.0728. The molecule has 0 aromatic heterocycles. The minimum atomic E-state index is 0.0728. The number of nitrogens with zero attached hydrogens (tertiary/aromatic N) is 2. The molecule has 1 aromatic rings. The van der Waals surface area contributed by atoms with E-state index in [4.69, 9.17) is 5.11 Å². The van der Waals surface area contributed by atoms with Gasteiger partial charge < -0.3 is 10.0 Å². The van der Waals surface area contributed by atoms with Gasteiger partial charge in [-0.05, 0) is 19.1 Å². The third-order valence-electron chi connectivity index (χ3n) is 3.52. The maximum absolute atomic E-state index is 11.9. The van der Waals surface area contributed by atoms with E-state index >= 15 is 0 Å². The zero-order valence-corrected chi connectivity index (χ0v) is 10.7. The second-order valence-electron chi connectivity index (χ2n) is 4.71. The fourth-order valence-electron chi connectivity index (χ4n) is 2.30. The summed E-state index contributed by atoms with van der Waals surface area (Å²) in [6.07, 6.45) is 0. The van der Waals surface area contributed by atoms with E-state index in [0.717, 1.165) is 31.9 Å². The Morgan fingerprint density at radius 1 is 1.17 bits per heavy atom. The zero-order chi connectivity index (χ0) is 13.0. The number of aliphatic hydroxyl groups is 1. The molecule has 0 saturated carbocycles. The van der Waals surface area contributed by atoms with Crippen LogP contribution in [0.4, 0.5) is 5.69 Å². The first-order chi connectivity index (χ1) is 8.72. The molecule has 18 heavy (non-hydrogen) atoms. The maximum atomic E-state index is 11.9. The van der Waals surface area contributed by atoms with Gasteiger partial charge in [-0.3, -0.25) is 9.69 Å². The highest BCUT2D eigenvalue weighted by molar-refractivity contribution is 5.45. The van der Waals surface area contributed by atoms with Gasteiger partial charge in [-0.25, -0.2) is 0 Å². The largest absolute Gasteiger partial charge is 0.395 e. The molecule has 2 rings (SSSR count). The Bertz CT molecular complexity index is 442. The van der Waals surface area contributed by atoms with Crippen LogP contribution in [0.25, 0.3) is 0 Å². The van der Waals surface area contributed by atoms with Crippen LogP contribution >= 0.6 is 0 Å². The van der Waals surface area contributed by atoms with Crippen LogP contribution in [0, 0.1) is 0 Å². The molecular weight excluding hydrogens is 228 g/mol. The molecule has 1 saturated heterocycles. The van der Waals surface area contributed by atoms with Crippen LogP contribution < -0.4 is 10.3 Å². The molecule has 1 aromatic carbocycles. The molecule has 1 aliphatic rings. The lowest BCUT2D eigenvalue weighted by Crippen LogP contribution is -2.51. The van der Waals surface area contributed by atoms with Crippen molar-refractivity contribution in [2.75, 3.05) is 37.7 Å². The van der Waals surface area contributed by atoms with Crippen LogP contribution in [0.1, 0.15) is 6.92 Å². The molecule has 0 amide bonds. The third-order valence-corrected chi connectivity index (χ3v) is 3.52. The minimum Gasteiger partial charge on any atom is -0.395 e. The first-order valence-corrected chi connectivity index (χ1v) is 6.41. The first kappa shape index (κ1) is 13.1. The Kier molecular flexibility index (Phi) is 4.33. The second kappa shape index (κ2) is 5.98. The lowest BCUT2D eigenvalue weighted by molar-refractivity contribution is 0.128. The SMILES string of the molecule is C[C@@H](CO)N1CCN(c2cccccc2=O)CC1. The molecule has 1 N–H and O–H groups in total. The average molecular weight is 248 g/mol. The zero-order valence-electron chi connectivity index (χ0n) is 10.7. The highest BCUT2D eigenvalue weighted by Crippen LogP contribution is 2.12. The summed E-state index contributed by atoms with van der Waals surface area (Å²) in [7, 11) is 0. The van der Waals surface area contributed by atoms with E-state index in [1.807, 2.05) is 25.1 Å². The quantitative estimate of drug-likeness (QED) is 0.848. The number of hydrogen-bond acceptors (Lipinski definition) is 4. The van der Waals surface area contributed by atoms with Crippen molar-refractivity contribution in [3.05, 3.63) is 40.6 Å². The Balaban J connectivity index is 2.06. The van der Waals surface area contributed by atoms with E-state index in [1.54, 1.807) is 12.1 Å². The van der Waals surface area contributed by atoms with Crippen molar-refractivity contribution < 1.29 is 5.11 Å². The van der Waals surface area contributed by atoms with E-state index in [1.165, 1.54) is 0 Å². The number of aliphatic hydroxyl groups excluding tert-OH is 1. The normalized spacial score (nSPS) is 18.7. The predicted molar refractivity (Wildman–Crippen MR) is 73.0 cm³/mol. The van der Waals surface area contributed by atoms with Gasteiger partial charge in [-0.2, -0.15) is 0 Å². The average Bonchev–Trinajstić information content (AvgIpc) is 2.63. The van der Waals surface area contributed by atoms with Crippen LogP contribution in [0.2, 0.25) is 0 Å². The number of anilines is 1. The lowest BCUT2D eigenvalue weighted by Gasteiger charge is -2.38. The fourth-order valence-corrected chi connectivity index (χ4v) is 2.30. The molecule has 1 fully saturated rings. The molecule has 98 valence electrons. The van der Waals surface area contributed by atoms with Gasteiger partial charge in [-0.1, -0.05) is 18.2 Å². The molecule has 0 spiro atoms. The van der Waals surface area contributed by atoms with Crippen molar-refractivity contribution >= 4 is 5.69 Å². The predicted octanol–water partition coefficient (Wildman–Crippen LogP) is 0.550. The van der Waals surface area contributed by atoms with E-state index in [9.17, 15) is 4.79 Å². The Labute approximate surface area is 107 Å². The smallest absolute Gasteiger partial charge is 0.201 e. The van der Waals surface area contributed by atoms with Crippen molar-refractivity contribution in [2.24, 2.45) is 0 Å². The van der Waals surface area contributed by atoms with Gasteiger partial charge in [0.05, 0.1) is 12.3 Å². The van der Waals surface area contributed by atoms with Crippen molar-refractivity contribution in [3.8, 4) is 0 Å². The molecular formula is C14H20N2O2. The summed E-state index contributed by atoms with van der Waals surface area (Å²) in [5.74, 6) is 0. The summed E-state index contributed by atoms with van der Waals surface area (Å²) in [5.41, 5.74) is 0.847. The molecule has 0 bridgehead atoms. The highest BCUT2D eigenvalue weighted by atomic mass is 16.3. The van der Waals surface area contributed by atoms with E-state index in [-0.39, 0.29) is 18.1 Å². The van der Waals surface area contributed by atoms with Gasteiger partial charge >= 0.3 is 0 Å².